The summed E-state index contributed by atoms with van der Waals surface area (Å²) in [5, 5.41) is 3.55. The maximum absolute atomic E-state index is 3.55. The molecule has 116 valence electrons. The van der Waals surface area contributed by atoms with E-state index in [-0.39, 0.29) is 0 Å². The molecule has 0 bridgehead atoms. The molecule has 0 aromatic heterocycles. The van der Waals surface area contributed by atoms with Crippen LogP contribution in [0.1, 0.15) is 31.2 Å². The molecule has 1 atom stereocenters. The number of anilines is 1. The van der Waals surface area contributed by atoms with E-state index in [1.54, 1.807) is 0 Å². The van der Waals surface area contributed by atoms with E-state index in [4.69, 9.17) is 0 Å². The first-order valence-corrected chi connectivity index (χ1v) is 8.58. The minimum Gasteiger partial charge on any atom is -0.384 e. The molecule has 0 saturated carbocycles. The van der Waals surface area contributed by atoms with E-state index in [2.05, 4.69) is 46.3 Å². The highest BCUT2D eigenvalue weighted by Gasteiger charge is 2.27. The van der Waals surface area contributed by atoms with Crippen molar-refractivity contribution >= 4 is 5.69 Å². The first kappa shape index (κ1) is 14.9. The van der Waals surface area contributed by atoms with E-state index >= 15 is 0 Å². The summed E-state index contributed by atoms with van der Waals surface area (Å²) in [5.41, 5.74) is 2.58. The van der Waals surface area contributed by atoms with Gasteiger partial charge in [-0.3, -0.25) is 9.80 Å². The molecule has 0 spiro atoms. The van der Waals surface area contributed by atoms with Gasteiger partial charge in [-0.2, -0.15) is 0 Å². The van der Waals surface area contributed by atoms with Crippen LogP contribution in [0.15, 0.2) is 24.3 Å². The number of piperidine rings is 1. The van der Waals surface area contributed by atoms with Crippen LogP contribution in [-0.4, -0.2) is 55.1 Å². The van der Waals surface area contributed by atoms with Gasteiger partial charge in [0.25, 0.3) is 0 Å². The highest BCUT2D eigenvalue weighted by atomic mass is 15.3. The Labute approximate surface area is 129 Å². The highest BCUT2D eigenvalue weighted by Crippen LogP contribution is 2.20. The van der Waals surface area contributed by atoms with Gasteiger partial charge in [-0.05, 0) is 63.5 Å². The Morgan fingerprint density at radius 1 is 1.14 bits per heavy atom. The summed E-state index contributed by atoms with van der Waals surface area (Å²) in [6, 6.07) is 9.48. The fourth-order valence-electron chi connectivity index (χ4n) is 3.71. The van der Waals surface area contributed by atoms with Gasteiger partial charge in [0, 0.05) is 31.4 Å². The van der Waals surface area contributed by atoms with Gasteiger partial charge in [-0.15, -0.1) is 0 Å². The summed E-state index contributed by atoms with van der Waals surface area (Å²) in [6.45, 7) is 9.58. The van der Waals surface area contributed by atoms with E-state index in [1.807, 2.05) is 0 Å². The van der Waals surface area contributed by atoms with E-state index in [0.717, 1.165) is 19.1 Å². The molecule has 0 aliphatic carbocycles. The average molecular weight is 287 g/mol. The number of rotatable bonds is 5. The highest BCUT2D eigenvalue weighted by molar-refractivity contribution is 5.45. The normalized spacial score (nSPS) is 24.3. The number of nitrogens with zero attached hydrogens (tertiary/aromatic N) is 2. The van der Waals surface area contributed by atoms with Crippen LogP contribution in [0.3, 0.4) is 0 Å². The van der Waals surface area contributed by atoms with Gasteiger partial charge in [0.2, 0.25) is 0 Å². The van der Waals surface area contributed by atoms with Crippen molar-refractivity contribution < 1.29 is 0 Å². The third-order valence-corrected chi connectivity index (χ3v) is 4.93. The zero-order chi connectivity index (χ0) is 14.5. The lowest BCUT2D eigenvalue weighted by atomic mass is 10.1. The Hall–Kier alpha value is -1.06. The van der Waals surface area contributed by atoms with Crippen molar-refractivity contribution in [2.24, 2.45) is 0 Å². The van der Waals surface area contributed by atoms with E-state index < -0.39 is 0 Å². The molecule has 3 rings (SSSR count). The van der Waals surface area contributed by atoms with E-state index in [0.29, 0.717) is 0 Å². The van der Waals surface area contributed by atoms with Crippen molar-refractivity contribution in [3.63, 3.8) is 0 Å². The Bertz CT molecular complexity index is 440. The summed E-state index contributed by atoms with van der Waals surface area (Å²) in [7, 11) is 0. The molecular formula is C18H29N3. The first-order chi connectivity index (χ1) is 10.3. The van der Waals surface area contributed by atoms with Crippen LogP contribution in [0.25, 0.3) is 0 Å². The van der Waals surface area contributed by atoms with Gasteiger partial charge in [-0.1, -0.05) is 18.6 Å². The van der Waals surface area contributed by atoms with Crippen molar-refractivity contribution in [1.82, 2.24) is 9.80 Å². The summed E-state index contributed by atoms with van der Waals surface area (Å²) in [5.74, 6) is 0. The van der Waals surface area contributed by atoms with Gasteiger partial charge in [0.15, 0.2) is 0 Å². The lowest BCUT2D eigenvalue weighted by Crippen LogP contribution is -2.41. The Morgan fingerprint density at radius 2 is 2.00 bits per heavy atom. The summed E-state index contributed by atoms with van der Waals surface area (Å²) >= 11 is 0. The number of nitrogens with one attached hydrogen (secondary N) is 1. The average Bonchev–Trinajstić information content (AvgIpc) is 2.97. The fourth-order valence-corrected chi connectivity index (χ4v) is 3.71. The van der Waals surface area contributed by atoms with E-state index in [1.165, 1.54) is 63.1 Å². The molecule has 2 fully saturated rings. The SMILES string of the molecule is Cc1cccc(NCCN2CCC(N3CCCCC3)C2)c1. The summed E-state index contributed by atoms with van der Waals surface area (Å²) in [4.78, 5) is 5.36. The molecular weight excluding hydrogens is 258 g/mol. The molecule has 0 radical (unpaired) electrons. The lowest BCUT2D eigenvalue weighted by Gasteiger charge is -2.32. The molecule has 1 aromatic carbocycles. The molecule has 3 nitrogen and oxygen atoms in total. The Morgan fingerprint density at radius 3 is 2.81 bits per heavy atom. The summed E-state index contributed by atoms with van der Waals surface area (Å²) in [6.07, 6.45) is 5.62. The topological polar surface area (TPSA) is 18.5 Å². The van der Waals surface area contributed by atoms with Crippen molar-refractivity contribution in [1.29, 1.82) is 0 Å². The molecule has 1 N–H and O–H groups in total. The molecule has 2 saturated heterocycles. The second kappa shape index (κ2) is 7.28. The third kappa shape index (κ3) is 4.21. The minimum absolute atomic E-state index is 0.823. The van der Waals surface area contributed by atoms with Crippen molar-refractivity contribution in [2.45, 2.75) is 38.6 Å². The standard InChI is InChI=1S/C18H29N3/c1-16-6-5-7-17(14-16)19-9-13-20-12-8-18(15-20)21-10-3-2-4-11-21/h5-7,14,18-19H,2-4,8-13,15H2,1H3. The molecule has 0 amide bonds. The number of hydrogen-bond acceptors (Lipinski definition) is 3. The van der Waals surface area contributed by atoms with Gasteiger partial charge >= 0.3 is 0 Å². The van der Waals surface area contributed by atoms with Crippen LogP contribution in [-0.2, 0) is 0 Å². The van der Waals surface area contributed by atoms with Gasteiger partial charge in [0.05, 0.1) is 0 Å². The Balaban J connectivity index is 1.38. The molecule has 1 aromatic rings. The molecule has 2 aliphatic heterocycles. The predicted molar refractivity (Wildman–Crippen MR) is 89.9 cm³/mol. The summed E-state index contributed by atoms with van der Waals surface area (Å²) < 4.78 is 0. The zero-order valence-electron chi connectivity index (χ0n) is 13.4. The van der Waals surface area contributed by atoms with Crippen LogP contribution in [0.2, 0.25) is 0 Å². The number of benzene rings is 1. The maximum atomic E-state index is 3.55. The quantitative estimate of drug-likeness (QED) is 0.898. The second-order valence-electron chi connectivity index (χ2n) is 6.64. The van der Waals surface area contributed by atoms with E-state index in [9.17, 15) is 0 Å². The number of hydrogen-bond donors (Lipinski definition) is 1. The molecule has 1 unspecified atom stereocenters. The van der Waals surface area contributed by atoms with Crippen molar-refractivity contribution in [2.75, 3.05) is 44.6 Å². The second-order valence-corrected chi connectivity index (χ2v) is 6.64. The van der Waals surface area contributed by atoms with Crippen LogP contribution in [0.5, 0.6) is 0 Å². The van der Waals surface area contributed by atoms with Crippen molar-refractivity contribution in [3.8, 4) is 0 Å². The Kier molecular flexibility index (Phi) is 5.15. The van der Waals surface area contributed by atoms with Gasteiger partial charge in [-0.25, -0.2) is 0 Å². The van der Waals surface area contributed by atoms with Gasteiger partial charge in [0.1, 0.15) is 0 Å². The maximum Gasteiger partial charge on any atom is 0.0343 e. The fraction of sp³-hybridized carbons (Fsp3) is 0.667. The van der Waals surface area contributed by atoms with Crippen molar-refractivity contribution in [3.05, 3.63) is 29.8 Å². The molecule has 2 aliphatic rings. The smallest absolute Gasteiger partial charge is 0.0343 e. The predicted octanol–water partition coefficient (Wildman–Crippen LogP) is 2.97. The molecule has 3 heteroatoms. The first-order valence-electron chi connectivity index (χ1n) is 8.58. The van der Waals surface area contributed by atoms with Gasteiger partial charge < -0.3 is 5.32 Å². The monoisotopic (exact) mass is 287 g/mol. The van der Waals surface area contributed by atoms with Crippen LogP contribution in [0, 0.1) is 6.92 Å². The zero-order valence-corrected chi connectivity index (χ0v) is 13.4. The van der Waals surface area contributed by atoms with Crippen LogP contribution < -0.4 is 5.32 Å². The minimum atomic E-state index is 0.823. The third-order valence-electron chi connectivity index (χ3n) is 4.93. The van der Waals surface area contributed by atoms with Crippen LogP contribution >= 0.6 is 0 Å². The largest absolute Gasteiger partial charge is 0.384 e. The number of aryl methyl sites for hydroxylation is 1. The molecule has 21 heavy (non-hydrogen) atoms. The van der Waals surface area contributed by atoms with Crippen LogP contribution in [0.4, 0.5) is 5.69 Å². The number of likely N-dealkylation sites (tertiary alicyclic amines) is 2. The lowest BCUT2D eigenvalue weighted by molar-refractivity contribution is 0.163. The molecule has 2 heterocycles.